The molecule has 32 heavy (non-hydrogen) atoms. The van der Waals surface area contributed by atoms with E-state index in [2.05, 4.69) is 16.0 Å². The van der Waals surface area contributed by atoms with E-state index in [1.54, 1.807) is 31.2 Å². The number of anilines is 2. The van der Waals surface area contributed by atoms with Crippen LogP contribution in [0.2, 0.25) is 0 Å². The Kier molecular flexibility index (Phi) is 8.15. The standard InChI is InChI=1S/C23H27FN4O4/c1-2-32-22(30)19-5-3-4-6-20(19)27-21(29)15-28-13-11-18(12-14-28)26-23(31)25-17-9-7-16(24)8-10-17/h3-10,18H,2,11-15H2,1H3,(H,27,29)(H2,25,26,31). The normalized spacial score (nSPS) is 14.4. The Balaban J connectivity index is 1.43. The summed E-state index contributed by atoms with van der Waals surface area (Å²) in [5, 5.41) is 8.37. The topological polar surface area (TPSA) is 99.8 Å². The third-order valence-electron chi connectivity index (χ3n) is 5.09. The van der Waals surface area contributed by atoms with Crippen molar-refractivity contribution in [2.75, 3.05) is 36.9 Å². The molecule has 3 rings (SSSR count). The number of benzene rings is 2. The van der Waals surface area contributed by atoms with Crippen LogP contribution >= 0.6 is 0 Å². The Bertz CT molecular complexity index is 943. The van der Waals surface area contributed by atoms with Crippen LogP contribution in [0.3, 0.4) is 0 Å². The number of ether oxygens (including phenoxy) is 1. The molecule has 1 aliphatic rings. The number of amides is 3. The van der Waals surface area contributed by atoms with E-state index in [1.807, 2.05) is 4.90 Å². The van der Waals surface area contributed by atoms with Crippen molar-refractivity contribution in [1.82, 2.24) is 10.2 Å². The van der Waals surface area contributed by atoms with E-state index >= 15 is 0 Å². The zero-order valence-corrected chi connectivity index (χ0v) is 17.9. The number of esters is 1. The van der Waals surface area contributed by atoms with Gasteiger partial charge in [-0.3, -0.25) is 9.69 Å². The summed E-state index contributed by atoms with van der Waals surface area (Å²) in [4.78, 5) is 38.7. The van der Waals surface area contributed by atoms with E-state index in [0.717, 1.165) is 0 Å². The van der Waals surface area contributed by atoms with Gasteiger partial charge in [0.1, 0.15) is 5.82 Å². The monoisotopic (exact) mass is 442 g/mol. The van der Waals surface area contributed by atoms with Crippen LogP contribution in [0.1, 0.15) is 30.1 Å². The summed E-state index contributed by atoms with van der Waals surface area (Å²) < 4.78 is 18.0. The van der Waals surface area contributed by atoms with Crippen LogP contribution in [0.25, 0.3) is 0 Å². The first kappa shape index (κ1) is 23.2. The number of likely N-dealkylation sites (tertiary alicyclic amines) is 1. The number of rotatable bonds is 7. The van der Waals surface area contributed by atoms with Crippen molar-refractivity contribution < 1.29 is 23.5 Å². The molecular formula is C23H27FN4O4. The Hall–Kier alpha value is -3.46. The van der Waals surface area contributed by atoms with Crippen molar-refractivity contribution in [1.29, 1.82) is 0 Å². The minimum atomic E-state index is -0.478. The largest absolute Gasteiger partial charge is 0.462 e. The fourth-order valence-electron chi connectivity index (χ4n) is 3.49. The van der Waals surface area contributed by atoms with Crippen molar-refractivity contribution in [3.63, 3.8) is 0 Å². The molecule has 0 atom stereocenters. The molecule has 0 radical (unpaired) electrons. The minimum Gasteiger partial charge on any atom is -0.462 e. The lowest BCUT2D eigenvalue weighted by Gasteiger charge is -2.31. The molecule has 0 unspecified atom stereocenters. The van der Waals surface area contributed by atoms with Crippen molar-refractivity contribution >= 4 is 29.3 Å². The van der Waals surface area contributed by atoms with Crippen LogP contribution in [0.4, 0.5) is 20.6 Å². The number of carbonyl (C=O) groups excluding carboxylic acids is 3. The Labute approximate surface area is 186 Å². The first-order valence-corrected chi connectivity index (χ1v) is 10.6. The molecule has 0 bridgehead atoms. The van der Waals surface area contributed by atoms with Gasteiger partial charge in [0.05, 0.1) is 24.4 Å². The van der Waals surface area contributed by atoms with E-state index < -0.39 is 5.97 Å². The number of halogens is 1. The SMILES string of the molecule is CCOC(=O)c1ccccc1NC(=O)CN1CCC(NC(=O)Nc2ccc(F)cc2)CC1. The van der Waals surface area contributed by atoms with Gasteiger partial charge in [0.2, 0.25) is 5.91 Å². The van der Waals surface area contributed by atoms with Crippen LogP contribution in [-0.2, 0) is 9.53 Å². The van der Waals surface area contributed by atoms with Crippen LogP contribution in [0.5, 0.6) is 0 Å². The summed E-state index contributed by atoms with van der Waals surface area (Å²) in [5.74, 6) is -1.06. The average Bonchev–Trinajstić information content (AvgIpc) is 2.77. The number of urea groups is 1. The van der Waals surface area contributed by atoms with E-state index in [4.69, 9.17) is 4.74 Å². The molecule has 1 saturated heterocycles. The molecule has 8 nitrogen and oxygen atoms in total. The number of nitrogens with one attached hydrogen (secondary N) is 3. The van der Waals surface area contributed by atoms with Gasteiger partial charge in [-0.05, 0) is 56.2 Å². The highest BCUT2D eigenvalue weighted by molar-refractivity contribution is 6.01. The van der Waals surface area contributed by atoms with Gasteiger partial charge in [-0.15, -0.1) is 0 Å². The summed E-state index contributed by atoms with van der Waals surface area (Å²) in [6, 6.07) is 11.9. The van der Waals surface area contributed by atoms with Crippen molar-refractivity contribution in [2.45, 2.75) is 25.8 Å². The molecule has 1 heterocycles. The van der Waals surface area contributed by atoms with Gasteiger partial charge in [0, 0.05) is 24.8 Å². The van der Waals surface area contributed by atoms with Gasteiger partial charge >= 0.3 is 12.0 Å². The van der Waals surface area contributed by atoms with E-state index in [9.17, 15) is 18.8 Å². The highest BCUT2D eigenvalue weighted by Crippen LogP contribution is 2.17. The van der Waals surface area contributed by atoms with Gasteiger partial charge in [-0.25, -0.2) is 14.0 Å². The first-order chi connectivity index (χ1) is 15.4. The van der Waals surface area contributed by atoms with Gasteiger partial charge in [0.15, 0.2) is 0 Å². The fourth-order valence-corrected chi connectivity index (χ4v) is 3.49. The molecule has 2 aromatic carbocycles. The second kappa shape index (κ2) is 11.2. The lowest BCUT2D eigenvalue weighted by atomic mass is 10.1. The first-order valence-electron chi connectivity index (χ1n) is 10.6. The van der Waals surface area contributed by atoms with Crippen LogP contribution in [-0.4, -0.2) is 55.1 Å². The molecule has 2 aromatic rings. The van der Waals surface area contributed by atoms with E-state index in [1.165, 1.54) is 24.3 Å². The molecule has 9 heteroatoms. The molecule has 170 valence electrons. The maximum Gasteiger partial charge on any atom is 0.340 e. The van der Waals surface area contributed by atoms with Gasteiger partial charge in [0.25, 0.3) is 0 Å². The Morgan fingerprint density at radius 1 is 1.03 bits per heavy atom. The lowest BCUT2D eigenvalue weighted by Crippen LogP contribution is -2.47. The number of nitrogens with zero attached hydrogens (tertiary/aromatic N) is 1. The third kappa shape index (κ3) is 6.78. The van der Waals surface area contributed by atoms with Crippen LogP contribution < -0.4 is 16.0 Å². The Morgan fingerprint density at radius 3 is 2.41 bits per heavy atom. The van der Waals surface area contributed by atoms with E-state index in [0.29, 0.717) is 42.9 Å². The van der Waals surface area contributed by atoms with Gasteiger partial charge in [-0.2, -0.15) is 0 Å². The molecule has 0 spiro atoms. The maximum absolute atomic E-state index is 13.0. The van der Waals surface area contributed by atoms with Crippen molar-refractivity contribution in [3.05, 3.63) is 59.9 Å². The number of carbonyl (C=O) groups is 3. The Morgan fingerprint density at radius 2 is 1.72 bits per heavy atom. The summed E-state index contributed by atoms with van der Waals surface area (Å²) in [6.07, 6.45) is 1.40. The zero-order valence-electron chi connectivity index (χ0n) is 17.9. The predicted molar refractivity (Wildman–Crippen MR) is 119 cm³/mol. The second-order valence-electron chi connectivity index (χ2n) is 7.47. The summed E-state index contributed by atoms with van der Waals surface area (Å²) in [5.41, 5.74) is 1.25. The van der Waals surface area contributed by atoms with Gasteiger partial charge < -0.3 is 20.7 Å². The smallest absolute Gasteiger partial charge is 0.340 e. The number of hydrogen-bond donors (Lipinski definition) is 3. The summed E-state index contributed by atoms with van der Waals surface area (Å²) >= 11 is 0. The molecule has 3 amide bonds. The van der Waals surface area contributed by atoms with Crippen LogP contribution in [0.15, 0.2) is 48.5 Å². The second-order valence-corrected chi connectivity index (χ2v) is 7.47. The van der Waals surface area contributed by atoms with E-state index in [-0.39, 0.29) is 36.9 Å². The van der Waals surface area contributed by atoms with Gasteiger partial charge in [-0.1, -0.05) is 12.1 Å². The van der Waals surface area contributed by atoms with Crippen molar-refractivity contribution in [3.8, 4) is 0 Å². The molecule has 0 saturated carbocycles. The highest BCUT2D eigenvalue weighted by atomic mass is 19.1. The minimum absolute atomic E-state index is 0.0145. The number of para-hydroxylation sites is 1. The lowest BCUT2D eigenvalue weighted by molar-refractivity contribution is -0.117. The fraction of sp³-hybridized carbons (Fsp3) is 0.348. The quantitative estimate of drug-likeness (QED) is 0.572. The molecular weight excluding hydrogens is 415 g/mol. The molecule has 1 aliphatic heterocycles. The zero-order chi connectivity index (χ0) is 22.9. The molecule has 0 aliphatic carbocycles. The van der Waals surface area contributed by atoms with Crippen LogP contribution in [0, 0.1) is 5.82 Å². The average molecular weight is 442 g/mol. The third-order valence-corrected chi connectivity index (χ3v) is 5.09. The summed E-state index contributed by atoms with van der Waals surface area (Å²) in [7, 11) is 0. The molecule has 3 N–H and O–H groups in total. The highest BCUT2D eigenvalue weighted by Gasteiger charge is 2.23. The molecule has 1 fully saturated rings. The van der Waals surface area contributed by atoms with Crippen molar-refractivity contribution in [2.24, 2.45) is 0 Å². The number of hydrogen-bond acceptors (Lipinski definition) is 5. The maximum atomic E-state index is 13.0. The summed E-state index contributed by atoms with van der Waals surface area (Å²) in [6.45, 7) is 3.46. The molecule has 0 aromatic heterocycles. The predicted octanol–water partition coefficient (Wildman–Crippen LogP) is 3.23. The number of piperidine rings is 1.